The van der Waals surface area contributed by atoms with Gasteiger partial charge in [-0.05, 0) is 52.7 Å². The lowest BCUT2D eigenvalue weighted by molar-refractivity contribution is 0.293. The molecule has 88 valence electrons. The molecule has 3 heteroatoms. The summed E-state index contributed by atoms with van der Waals surface area (Å²) >= 11 is 3.51. The monoisotopic (exact) mass is 282 g/mol. The number of hydrogen-bond donors (Lipinski definition) is 1. The van der Waals surface area contributed by atoms with Gasteiger partial charge in [0.2, 0.25) is 0 Å². The summed E-state index contributed by atoms with van der Waals surface area (Å²) in [6.45, 7) is 3.42. The van der Waals surface area contributed by atoms with Gasteiger partial charge in [0, 0.05) is 12.7 Å². The van der Waals surface area contributed by atoms with E-state index in [2.05, 4.69) is 33.2 Å². The number of rotatable bonds is 3. The predicted octanol–water partition coefficient (Wildman–Crippen LogP) is 4.08. The van der Waals surface area contributed by atoms with Gasteiger partial charge in [-0.2, -0.15) is 0 Å². The number of halogens is 1. The molecule has 1 aliphatic rings. The van der Waals surface area contributed by atoms with Crippen LogP contribution in [0, 0.1) is 11.8 Å². The average Bonchev–Trinajstić information content (AvgIpc) is 2.28. The van der Waals surface area contributed by atoms with E-state index in [4.69, 9.17) is 0 Å². The molecular formula is C13H19BrN2. The van der Waals surface area contributed by atoms with Gasteiger partial charge in [0.25, 0.3) is 0 Å². The van der Waals surface area contributed by atoms with Crippen molar-refractivity contribution in [1.82, 2.24) is 4.98 Å². The lowest BCUT2D eigenvalue weighted by atomic mass is 9.82. The summed E-state index contributed by atoms with van der Waals surface area (Å²) in [5.74, 6) is 2.69. The molecule has 1 aromatic heterocycles. The first kappa shape index (κ1) is 11.9. The Morgan fingerprint density at radius 3 is 3.12 bits per heavy atom. The molecule has 2 unspecified atom stereocenters. The molecule has 1 fully saturated rings. The predicted molar refractivity (Wildman–Crippen MR) is 71.5 cm³/mol. The number of pyridine rings is 1. The SMILES string of the molecule is CC1CCCC(CNc2ncccc2Br)C1. The molecule has 0 saturated heterocycles. The Kier molecular flexibility index (Phi) is 4.22. The fourth-order valence-electron chi connectivity index (χ4n) is 2.50. The summed E-state index contributed by atoms with van der Waals surface area (Å²) in [6, 6.07) is 3.97. The number of nitrogens with zero attached hydrogens (tertiary/aromatic N) is 1. The smallest absolute Gasteiger partial charge is 0.140 e. The maximum Gasteiger partial charge on any atom is 0.140 e. The number of aromatic nitrogens is 1. The van der Waals surface area contributed by atoms with E-state index < -0.39 is 0 Å². The summed E-state index contributed by atoms with van der Waals surface area (Å²) in [6.07, 6.45) is 7.34. The number of hydrogen-bond acceptors (Lipinski definition) is 2. The van der Waals surface area contributed by atoms with Crippen LogP contribution in [0.15, 0.2) is 22.8 Å². The zero-order chi connectivity index (χ0) is 11.4. The minimum absolute atomic E-state index is 0.817. The van der Waals surface area contributed by atoms with Crippen molar-refractivity contribution in [2.45, 2.75) is 32.6 Å². The minimum Gasteiger partial charge on any atom is -0.369 e. The molecule has 0 bridgehead atoms. The Labute approximate surface area is 106 Å². The molecule has 0 aromatic carbocycles. The fraction of sp³-hybridized carbons (Fsp3) is 0.615. The van der Waals surface area contributed by atoms with Gasteiger partial charge in [0.15, 0.2) is 0 Å². The van der Waals surface area contributed by atoms with Gasteiger partial charge in [0.1, 0.15) is 5.82 Å². The summed E-state index contributed by atoms with van der Waals surface area (Å²) in [7, 11) is 0. The zero-order valence-corrected chi connectivity index (χ0v) is 11.3. The molecule has 0 radical (unpaired) electrons. The lowest BCUT2D eigenvalue weighted by Gasteiger charge is -2.27. The molecule has 1 N–H and O–H groups in total. The number of nitrogens with one attached hydrogen (secondary N) is 1. The third-order valence-electron chi connectivity index (χ3n) is 3.36. The fourth-order valence-corrected chi connectivity index (χ4v) is 2.90. The van der Waals surface area contributed by atoms with Gasteiger partial charge < -0.3 is 5.32 Å². The van der Waals surface area contributed by atoms with E-state index >= 15 is 0 Å². The van der Waals surface area contributed by atoms with Crippen molar-refractivity contribution in [3.63, 3.8) is 0 Å². The van der Waals surface area contributed by atoms with Crippen LogP contribution in [0.5, 0.6) is 0 Å². The van der Waals surface area contributed by atoms with Gasteiger partial charge in [-0.3, -0.25) is 0 Å². The van der Waals surface area contributed by atoms with Crippen molar-refractivity contribution < 1.29 is 0 Å². The maximum absolute atomic E-state index is 4.32. The third kappa shape index (κ3) is 3.21. The van der Waals surface area contributed by atoms with Crippen LogP contribution in [0.1, 0.15) is 32.6 Å². The highest BCUT2D eigenvalue weighted by molar-refractivity contribution is 9.10. The Balaban J connectivity index is 1.85. The van der Waals surface area contributed by atoms with Crippen LogP contribution in [0.2, 0.25) is 0 Å². The molecule has 0 aliphatic heterocycles. The van der Waals surface area contributed by atoms with Crippen LogP contribution in [-0.2, 0) is 0 Å². The second kappa shape index (κ2) is 5.67. The minimum atomic E-state index is 0.817. The van der Waals surface area contributed by atoms with Crippen LogP contribution in [-0.4, -0.2) is 11.5 Å². The molecule has 2 nitrogen and oxygen atoms in total. The Morgan fingerprint density at radius 2 is 2.38 bits per heavy atom. The van der Waals surface area contributed by atoms with Crippen molar-refractivity contribution in [2.24, 2.45) is 11.8 Å². The van der Waals surface area contributed by atoms with E-state index in [0.29, 0.717) is 0 Å². The first-order chi connectivity index (χ1) is 7.75. The highest BCUT2D eigenvalue weighted by atomic mass is 79.9. The highest BCUT2D eigenvalue weighted by Gasteiger charge is 2.18. The molecule has 1 heterocycles. The van der Waals surface area contributed by atoms with Crippen LogP contribution >= 0.6 is 15.9 Å². The molecule has 1 saturated carbocycles. The summed E-state index contributed by atoms with van der Waals surface area (Å²) in [5.41, 5.74) is 0. The van der Waals surface area contributed by atoms with Gasteiger partial charge in [-0.1, -0.05) is 19.8 Å². The maximum atomic E-state index is 4.32. The largest absolute Gasteiger partial charge is 0.369 e. The van der Waals surface area contributed by atoms with Crippen LogP contribution < -0.4 is 5.32 Å². The first-order valence-corrected chi connectivity index (χ1v) is 6.89. The van der Waals surface area contributed by atoms with Crippen molar-refractivity contribution >= 4 is 21.7 Å². The topological polar surface area (TPSA) is 24.9 Å². The van der Waals surface area contributed by atoms with Crippen LogP contribution in [0.3, 0.4) is 0 Å². The van der Waals surface area contributed by atoms with Crippen molar-refractivity contribution in [3.05, 3.63) is 22.8 Å². The van der Waals surface area contributed by atoms with Gasteiger partial charge >= 0.3 is 0 Å². The Morgan fingerprint density at radius 1 is 1.50 bits per heavy atom. The Hall–Kier alpha value is -0.570. The second-order valence-corrected chi connectivity index (χ2v) is 5.71. The van der Waals surface area contributed by atoms with Crippen molar-refractivity contribution in [3.8, 4) is 0 Å². The molecule has 0 amide bonds. The number of anilines is 1. The van der Waals surface area contributed by atoms with Crippen LogP contribution in [0.25, 0.3) is 0 Å². The van der Waals surface area contributed by atoms with Crippen molar-refractivity contribution in [1.29, 1.82) is 0 Å². The Bertz CT molecular complexity index is 340. The molecule has 16 heavy (non-hydrogen) atoms. The molecule has 0 spiro atoms. The summed E-state index contributed by atoms with van der Waals surface area (Å²) in [4.78, 5) is 4.32. The van der Waals surface area contributed by atoms with E-state index in [1.165, 1.54) is 25.7 Å². The highest BCUT2D eigenvalue weighted by Crippen LogP contribution is 2.29. The van der Waals surface area contributed by atoms with Crippen LogP contribution in [0.4, 0.5) is 5.82 Å². The third-order valence-corrected chi connectivity index (χ3v) is 4.00. The molecule has 1 aliphatic carbocycles. The second-order valence-electron chi connectivity index (χ2n) is 4.85. The summed E-state index contributed by atoms with van der Waals surface area (Å²) < 4.78 is 1.05. The van der Waals surface area contributed by atoms with E-state index in [1.807, 2.05) is 18.3 Å². The zero-order valence-electron chi connectivity index (χ0n) is 9.75. The van der Waals surface area contributed by atoms with E-state index in [1.54, 1.807) is 0 Å². The quantitative estimate of drug-likeness (QED) is 0.904. The molecular weight excluding hydrogens is 264 g/mol. The average molecular weight is 283 g/mol. The van der Waals surface area contributed by atoms with Gasteiger partial charge in [0.05, 0.1) is 4.47 Å². The normalized spacial score (nSPS) is 25.4. The van der Waals surface area contributed by atoms with E-state index in [9.17, 15) is 0 Å². The molecule has 1 aromatic rings. The standard InChI is InChI=1S/C13H19BrN2/c1-10-4-2-5-11(8-10)9-16-13-12(14)6-3-7-15-13/h3,6-7,10-11H,2,4-5,8-9H2,1H3,(H,15,16). The van der Waals surface area contributed by atoms with E-state index in [0.717, 1.165) is 28.7 Å². The molecule has 2 atom stereocenters. The molecule has 2 rings (SSSR count). The van der Waals surface area contributed by atoms with Gasteiger partial charge in [-0.15, -0.1) is 0 Å². The van der Waals surface area contributed by atoms with Crippen molar-refractivity contribution in [2.75, 3.05) is 11.9 Å². The first-order valence-electron chi connectivity index (χ1n) is 6.10. The van der Waals surface area contributed by atoms with Gasteiger partial charge in [-0.25, -0.2) is 4.98 Å². The summed E-state index contributed by atoms with van der Waals surface area (Å²) in [5, 5.41) is 3.45. The van der Waals surface area contributed by atoms with E-state index in [-0.39, 0.29) is 0 Å². The lowest BCUT2D eigenvalue weighted by Crippen LogP contribution is -2.21.